The second-order valence-corrected chi connectivity index (χ2v) is 3.68. The number of hydrogen-bond acceptors (Lipinski definition) is 2. The van der Waals surface area contributed by atoms with E-state index in [0.717, 1.165) is 18.1 Å². The highest BCUT2D eigenvalue weighted by atomic mass is 16.5. The molecule has 0 unspecified atom stereocenters. The van der Waals surface area contributed by atoms with Gasteiger partial charge in [-0.2, -0.15) is 0 Å². The van der Waals surface area contributed by atoms with Crippen molar-refractivity contribution in [2.75, 3.05) is 6.61 Å². The van der Waals surface area contributed by atoms with E-state index in [1.165, 1.54) is 12.8 Å². The zero-order valence-corrected chi connectivity index (χ0v) is 7.78. The maximum absolute atomic E-state index is 5.52. The molecule has 0 bridgehead atoms. The molecule has 1 fully saturated rings. The fourth-order valence-corrected chi connectivity index (χ4v) is 1.30. The van der Waals surface area contributed by atoms with Crippen LogP contribution in [0.15, 0.2) is 18.5 Å². The van der Waals surface area contributed by atoms with Gasteiger partial charge in [0.05, 0.1) is 6.61 Å². The number of nitrogens with two attached hydrogens (primary N) is 1. The van der Waals surface area contributed by atoms with Crippen LogP contribution in [0.25, 0.3) is 0 Å². The van der Waals surface area contributed by atoms with Crippen LogP contribution in [0.4, 0.5) is 0 Å². The normalized spacial score (nSPS) is 16.4. The number of nitrogens with zero attached hydrogens (tertiary/aromatic N) is 1. The summed E-state index contributed by atoms with van der Waals surface area (Å²) in [6.07, 6.45) is 6.74. The molecule has 1 saturated carbocycles. The molecule has 0 spiro atoms. The summed E-state index contributed by atoms with van der Waals surface area (Å²) in [5.41, 5.74) is 6.66. The molecule has 13 heavy (non-hydrogen) atoms. The monoisotopic (exact) mass is 180 g/mol. The Morgan fingerprint density at radius 1 is 1.54 bits per heavy atom. The lowest BCUT2D eigenvalue weighted by Gasteiger charge is -2.03. The Morgan fingerprint density at radius 3 is 3.00 bits per heavy atom. The summed E-state index contributed by atoms with van der Waals surface area (Å²) in [7, 11) is 0. The molecular weight excluding hydrogens is 164 g/mol. The van der Waals surface area contributed by atoms with Crippen molar-refractivity contribution in [3.05, 3.63) is 24.0 Å². The summed E-state index contributed by atoms with van der Waals surface area (Å²) in [4.78, 5) is 0. The van der Waals surface area contributed by atoms with Crippen molar-refractivity contribution in [1.82, 2.24) is 4.57 Å². The molecule has 1 aliphatic rings. The van der Waals surface area contributed by atoms with Crippen molar-refractivity contribution in [2.45, 2.75) is 26.1 Å². The number of hydrogen-bond donors (Lipinski definition) is 1. The molecule has 0 saturated heterocycles. The second kappa shape index (κ2) is 3.94. The summed E-state index contributed by atoms with van der Waals surface area (Å²) in [5.74, 6) is 0.838. The zero-order valence-electron chi connectivity index (χ0n) is 7.78. The van der Waals surface area contributed by atoms with Crippen LogP contribution < -0.4 is 5.73 Å². The van der Waals surface area contributed by atoms with Crippen molar-refractivity contribution in [1.29, 1.82) is 0 Å². The zero-order chi connectivity index (χ0) is 9.10. The molecule has 2 rings (SSSR count). The maximum atomic E-state index is 5.52. The highest BCUT2D eigenvalue weighted by Crippen LogP contribution is 2.28. The van der Waals surface area contributed by atoms with Crippen LogP contribution in [0.5, 0.6) is 0 Å². The number of rotatable bonds is 5. The van der Waals surface area contributed by atoms with Crippen LogP contribution in [0.2, 0.25) is 0 Å². The van der Waals surface area contributed by atoms with Gasteiger partial charge in [0.25, 0.3) is 0 Å². The second-order valence-electron chi connectivity index (χ2n) is 3.68. The smallest absolute Gasteiger partial charge is 0.122 e. The fraction of sp³-hybridized carbons (Fsp3) is 0.600. The molecule has 0 atom stereocenters. The highest BCUT2D eigenvalue weighted by molar-refractivity contribution is 5.08. The van der Waals surface area contributed by atoms with Crippen LogP contribution in [-0.2, 0) is 18.0 Å². The van der Waals surface area contributed by atoms with Gasteiger partial charge >= 0.3 is 0 Å². The Labute approximate surface area is 78.5 Å². The van der Waals surface area contributed by atoms with Crippen LogP contribution >= 0.6 is 0 Å². The molecule has 2 N–H and O–H groups in total. The maximum Gasteiger partial charge on any atom is 0.122 e. The van der Waals surface area contributed by atoms with E-state index in [1.54, 1.807) is 0 Å². The van der Waals surface area contributed by atoms with Crippen LogP contribution in [0, 0.1) is 5.92 Å². The molecule has 1 aromatic heterocycles. The predicted octanol–water partition coefficient (Wildman–Crippen LogP) is 1.33. The topological polar surface area (TPSA) is 40.2 Å². The first kappa shape index (κ1) is 8.78. The van der Waals surface area contributed by atoms with Crippen LogP contribution in [0.3, 0.4) is 0 Å². The third-order valence-corrected chi connectivity index (χ3v) is 2.34. The van der Waals surface area contributed by atoms with Crippen molar-refractivity contribution >= 4 is 0 Å². The van der Waals surface area contributed by atoms with Gasteiger partial charge in [-0.3, -0.25) is 0 Å². The number of ether oxygens (including phenoxy) is 1. The van der Waals surface area contributed by atoms with Gasteiger partial charge in [-0.1, -0.05) is 0 Å². The van der Waals surface area contributed by atoms with E-state index in [1.807, 2.05) is 23.0 Å². The van der Waals surface area contributed by atoms with Crippen molar-refractivity contribution in [2.24, 2.45) is 11.7 Å². The summed E-state index contributed by atoms with van der Waals surface area (Å²) in [6, 6.07) is 2.03. The summed E-state index contributed by atoms with van der Waals surface area (Å²) in [5, 5.41) is 0. The molecule has 1 aromatic rings. The molecule has 0 amide bonds. The lowest BCUT2D eigenvalue weighted by atomic mass is 10.4. The molecule has 1 heterocycles. The van der Waals surface area contributed by atoms with E-state index in [9.17, 15) is 0 Å². The summed E-state index contributed by atoms with van der Waals surface area (Å²) >= 11 is 0. The lowest BCUT2D eigenvalue weighted by molar-refractivity contribution is 0.0692. The Balaban J connectivity index is 1.72. The molecule has 0 aromatic carbocycles. The standard InChI is InChI=1S/C10H16N2O/c11-5-10-3-4-12(6-10)8-13-7-9-1-2-9/h3-4,6,9H,1-2,5,7-8,11H2. The third kappa shape index (κ3) is 2.57. The van der Waals surface area contributed by atoms with Crippen molar-refractivity contribution in [3.63, 3.8) is 0 Å². The largest absolute Gasteiger partial charge is 0.361 e. The first-order valence-corrected chi connectivity index (χ1v) is 4.81. The Bertz CT molecular complexity index is 266. The molecule has 0 aliphatic heterocycles. The molecule has 1 aliphatic carbocycles. The van der Waals surface area contributed by atoms with Gasteiger partial charge in [0, 0.05) is 18.9 Å². The molecule has 3 nitrogen and oxygen atoms in total. The van der Waals surface area contributed by atoms with E-state index in [2.05, 4.69) is 0 Å². The quantitative estimate of drug-likeness (QED) is 0.742. The molecule has 72 valence electrons. The average molecular weight is 180 g/mol. The van der Waals surface area contributed by atoms with Crippen LogP contribution in [-0.4, -0.2) is 11.2 Å². The van der Waals surface area contributed by atoms with Gasteiger partial charge in [-0.25, -0.2) is 0 Å². The van der Waals surface area contributed by atoms with Gasteiger partial charge < -0.3 is 15.0 Å². The van der Waals surface area contributed by atoms with Gasteiger partial charge in [0.2, 0.25) is 0 Å². The summed E-state index contributed by atoms with van der Waals surface area (Å²) < 4.78 is 7.56. The number of aromatic nitrogens is 1. The van der Waals surface area contributed by atoms with E-state index in [0.29, 0.717) is 13.3 Å². The Hall–Kier alpha value is -0.800. The van der Waals surface area contributed by atoms with Crippen molar-refractivity contribution < 1.29 is 4.74 Å². The van der Waals surface area contributed by atoms with Crippen LogP contribution in [0.1, 0.15) is 18.4 Å². The first-order valence-electron chi connectivity index (χ1n) is 4.81. The van der Waals surface area contributed by atoms with Gasteiger partial charge in [-0.15, -0.1) is 0 Å². The first-order chi connectivity index (χ1) is 6.38. The van der Waals surface area contributed by atoms with Gasteiger partial charge in [-0.05, 0) is 30.4 Å². The molecule has 3 heteroatoms. The summed E-state index contributed by atoms with van der Waals surface area (Å²) in [6.45, 7) is 2.18. The average Bonchev–Trinajstić information content (AvgIpc) is 2.84. The Morgan fingerprint density at radius 2 is 2.38 bits per heavy atom. The molecule has 0 radical (unpaired) electrons. The van der Waals surface area contributed by atoms with Gasteiger partial charge in [0.1, 0.15) is 6.73 Å². The Kier molecular flexibility index (Phi) is 2.66. The third-order valence-electron chi connectivity index (χ3n) is 2.34. The minimum absolute atomic E-state index is 0.607. The van der Waals surface area contributed by atoms with E-state index in [4.69, 9.17) is 10.5 Å². The SMILES string of the molecule is NCc1ccn(COCC2CC2)c1. The predicted molar refractivity (Wildman–Crippen MR) is 51.0 cm³/mol. The van der Waals surface area contributed by atoms with Crippen molar-refractivity contribution in [3.8, 4) is 0 Å². The minimum Gasteiger partial charge on any atom is -0.361 e. The minimum atomic E-state index is 0.607. The lowest BCUT2D eigenvalue weighted by Crippen LogP contribution is -2.02. The molecular formula is C10H16N2O. The fourth-order valence-electron chi connectivity index (χ4n) is 1.30. The highest BCUT2D eigenvalue weighted by Gasteiger charge is 2.20. The van der Waals surface area contributed by atoms with E-state index in [-0.39, 0.29) is 0 Å². The van der Waals surface area contributed by atoms with E-state index >= 15 is 0 Å². The van der Waals surface area contributed by atoms with Gasteiger partial charge in [0.15, 0.2) is 0 Å². The van der Waals surface area contributed by atoms with E-state index < -0.39 is 0 Å².